The molecule has 0 radical (unpaired) electrons. The number of likely N-dealkylation sites (tertiary alicyclic amines) is 1. The highest BCUT2D eigenvalue weighted by molar-refractivity contribution is 5.82. The van der Waals surface area contributed by atoms with E-state index in [9.17, 15) is 9.59 Å². The molecule has 1 saturated carbocycles. The van der Waals surface area contributed by atoms with Gasteiger partial charge in [0.2, 0.25) is 0 Å². The molecule has 2 N–H and O–H groups in total. The van der Waals surface area contributed by atoms with E-state index in [1.54, 1.807) is 0 Å². The molecule has 2 unspecified atom stereocenters. The second-order valence-electron chi connectivity index (χ2n) is 6.12. The Bertz CT molecular complexity index is 354. The highest BCUT2D eigenvalue weighted by atomic mass is 16.4. The number of carbonyl (C=O) groups is 2. The van der Waals surface area contributed by atoms with Gasteiger partial charge in [-0.25, -0.2) is 9.59 Å². The molecule has 1 aliphatic heterocycles. The summed E-state index contributed by atoms with van der Waals surface area (Å²) in [4.78, 5) is 24.6. The van der Waals surface area contributed by atoms with E-state index < -0.39 is 12.0 Å². The van der Waals surface area contributed by atoms with Gasteiger partial charge >= 0.3 is 12.0 Å². The quantitative estimate of drug-likeness (QED) is 0.805. The van der Waals surface area contributed by atoms with Crippen LogP contribution in [0.5, 0.6) is 0 Å². The molecule has 2 aliphatic rings. The molecule has 5 nitrogen and oxygen atoms in total. The zero-order valence-electron chi connectivity index (χ0n) is 11.1. The predicted octanol–water partition coefficient (Wildman–Crippen LogP) is 1.68. The van der Waals surface area contributed by atoms with Gasteiger partial charge in [0.1, 0.15) is 6.04 Å². The second-order valence-corrected chi connectivity index (χ2v) is 6.12. The zero-order chi connectivity index (χ0) is 13.3. The average molecular weight is 254 g/mol. The molecule has 5 heteroatoms. The van der Waals surface area contributed by atoms with Crippen molar-refractivity contribution in [2.24, 2.45) is 11.3 Å². The SMILES string of the molecule is CC1(C)CC1CNC(=O)N1CCCCC1C(=O)O. The molecule has 0 aromatic heterocycles. The van der Waals surface area contributed by atoms with Crippen LogP contribution in [0.3, 0.4) is 0 Å². The van der Waals surface area contributed by atoms with Crippen LogP contribution in [0.25, 0.3) is 0 Å². The highest BCUT2D eigenvalue weighted by Crippen LogP contribution is 2.50. The summed E-state index contributed by atoms with van der Waals surface area (Å²) in [5.41, 5.74) is 0.335. The lowest BCUT2D eigenvalue weighted by Gasteiger charge is -2.32. The molecule has 102 valence electrons. The number of hydrogen-bond donors (Lipinski definition) is 2. The molecule has 0 bridgehead atoms. The van der Waals surface area contributed by atoms with E-state index >= 15 is 0 Å². The smallest absolute Gasteiger partial charge is 0.326 e. The molecule has 18 heavy (non-hydrogen) atoms. The van der Waals surface area contributed by atoms with Crippen LogP contribution in [0.4, 0.5) is 4.79 Å². The predicted molar refractivity (Wildman–Crippen MR) is 67.3 cm³/mol. The molecule has 1 aliphatic carbocycles. The zero-order valence-corrected chi connectivity index (χ0v) is 11.1. The lowest BCUT2D eigenvalue weighted by molar-refractivity contribution is -0.143. The van der Waals surface area contributed by atoms with Gasteiger partial charge in [0, 0.05) is 13.1 Å². The van der Waals surface area contributed by atoms with Crippen LogP contribution in [0, 0.1) is 11.3 Å². The summed E-state index contributed by atoms with van der Waals surface area (Å²) >= 11 is 0. The first kappa shape index (κ1) is 13.2. The number of piperidine rings is 1. The molecule has 1 heterocycles. The van der Waals surface area contributed by atoms with Gasteiger partial charge in [-0.2, -0.15) is 0 Å². The van der Waals surface area contributed by atoms with Crippen molar-refractivity contribution in [3.05, 3.63) is 0 Å². The van der Waals surface area contributed by atoms with Crippen LogP contribution < -0.4 is 5.32 Å². The van der Waals surface area contributed by atoms with Gasteiger partial charge in [0.05, 0.1) is 0 Å². The topological polar surface area (TPSA) is 69.6 Å². The Morgan fingerprint density at radius 1 is 1.39 bits per heavy atom. The largest absolute Gasteiger partial charge is 0.480 e. The average Bonchev–Trinajstić information content (AvgIpc) is 2.94. The van der Waals surface area contributed by atoms with Gasteiger partial charge in [-0.05, 0) is 37.0 Å². The molecule has 2 atom stereocenters. The molecule has 2 amide bonds. The Hall–Kier alpha value is -1.26. The minimum absolute atomic E-state index is 0.218. The Balaban J connectivity index is 1.85. The lowest BCUT2D eigenvalue weighted by Crippen LogP contribution is -2.52. The number of carboxylic acid groups (broad SMARTS) is 1. The molecular formula is C13H22N2O3. The van der Waals surface area contributed by atoms with Gasteiger partial charge in [-0.15, -0.1) is 0 Å². The van der Waals surface area contributed by atoms with Crippen molar-refractivity contribution in [2.45, 2.75) is 45.6 Å². The highest BCUT2D eigenvalue weighted by Gasteiger charge is 2.45. The minimum Gasteiger partial charge on any atom is -0.480 e. The van der Waals surface area contributed by atoms with Gasteiger partial charge in [0.15, 0.2) is 0 Å². The summed E-state index contributed by atoms with van der Waals surface area (Å²) in [5, 5.41) is 12.0. The third-order valence-corrected chi connectivity index (χ3v) is 4.27. The lowest BCUT2D eigenvalue weighted by atomic mass is 10.0. The standard InChI is InChI=1S/C13H22N2O3/c1-13(2)7-9(13)8-14-12(18)15-6-4-3-5-10(15)11(16)17/h9-10H,3-8H2,1-2H3,(H,14,18)(H,16,17). The summed E-state index contributed by atoms with van der Waals surface area (Å²) < 4.78 is 0. The van der Waals surface area contributed by atoms with Crippen LogP contribution in [0.15, 0.2) is 0 Å². The third-order valence-electron chi connectivity index (χ3n) is 4.27. The number of hydrogen-bond acceptors (Lipinski definition) is 2. The van der Waals surface area contributed by atoms with E-state index in [1.807, 2.05) is 0 Å². The van der Waals surface area contributed by atoms with Crippen LogP contribution in [0.1, 0.15) is 39.5 Å². The van der Waals surface area contributed by atoms with Crippen molar-refractivity contribution < 1.29 is 14.7 Å². The number of urea groups is 1. The first-order valence-corrected chi connectivity index (χ1v) is 6.69. The molecule has 2 fully saturated rings. The normalized spacial score (nSPS) is 29.8. The number of carboxylic acids is 1. The molecular weight excluding hydrogens is 232 g/mol. The van der Waals surface area contributed by atoms with Gasteiger partial charge in [-0.3, -0.25) is 0 Å². The number of aliphatic carboxylic acids is 1. The maximum absolute atomic E-state index is 12.0. The Morgan fingerprint density at radius 3 is 2.61 bits per heavy atom. The number of nitrogens with zero attached hydrogens (tertiary/aromatic N) is 1. The van der Waals surface area contributed by atoms with Crippen LogP contribution in [-0.2, 0) is 4.79 Å². The Morgan fingerprint density at radius 2 is 2.06 bits per heavy atom. The minimum atomic E-state index is -0.892. The summed E-state index contributed by atoms with van der Waals surface area (Å²) in [6.45, 7) is 5.58. The third kappa shape index (κ3) is 2.76. The summed E-state index contributed by atoms with van der Waals surface area (Å²) in [7, 11) is 0. The first-order chi connectivity index (χ1) is 8.42. The Labute approximate surface area is 108 Å². The Kier molecular flexibility index (Phi) is 3.50. The van der Waals surface area contributed by atoms with E-state index in [4.69, 9.17) is 5.11 Å². The molecule has 1 saturated heterocycles. The number of carbonyl (C=O) groups excluding carboxylic acids is 1. The molecule has 0 spiro atoms. The van der Waals surface area contributed by atoms with Crippen LogP contribution in [0.2, 0.25) is 0 Å². The van der Waals surface area contributed by atoms with E-state index in [0.29, 0.717) is 30.8 Å². The maximum atomic E-state index is 12.0. The van der Waals surface area contributed by atoms with E-state index in [2.05, 4.69) is 19.2 Å². The van der Waals surface area contributed by atoms with Crippen molar-refractivity contribution in [3.63, 3.8) is 0 Å². The monoisotopic (exact) mass is 254 g/mol. The van der Waals surface area contributed by atoms with Crippen molar-refractivity contribution >= 4 is 12.0 Å². The van der Waals surface area contributed by atoms with E-state index in [-0.39, 0.29) is 6.03 Å². The summed E-state index contributed by atoms with van der Waals surface area (Å²) in [5.74, 6) is -0.355. The van der Waals surface area contributed by atoms with Crippen LogP contribution in [-0.4, -0.2) is 41.1 Å². The summed E-state index contributed by atoms with van der Waals surface area (Å²) in [6, 6.07) is -0.865. The van der Waals surface area contributed by atoms with Crippen molar-refractivity contribution in [1.82, 2.24) is 10.2 Å². The van der Waals surface area contributed by atoms with Gasteiger partial charge in [-0.1, -0.05) is 13.8 Å². The fourth-order valence-electron chi connectivity index (χ4n) is 2.67. The molecule has 2 rings (SSSR count). The molecule has 0 aromatic rings. The van der Waals surface area contributed by atoms with E-state index in [1.165, 1.54) is 4.90 Å². The van der Waals surface area contributed by atoms with Crippen molar-refractivity contribution in [2.75, 3.05) is 13.1 Å². The van der Waals surface area contributed by atoms with Gasteiger partial charge in [0.25, 0.3) is 0 Å². The fourth-order valence-corrected chi connectivity index (χ4v) is 2.67. The van der Waals surface area contributed by atoms with E-state index in [0.717, 1.165) is 19.3 Å². The molecule has 0 aromatic carbocycles. The van der Waals surface area contributed by atoms with Crippen molar-refractivity contribution in [3.8, 4) is 0 Å². The maximum Gasteiger partial charge on any atom is 0.326 e. The van der Waals surface area contributed by atoms with Crippen LogP contribution >= 0.6 is 0 Å². The summed E-state index contributed by atoms with van der Waals surface area (Å²) in [6.07, 6.45) is 3.48. The van der Waals surface area contributed by atoms with Crippen molar-refractivity contribution in [1.29, 1.82) is 0 Å². The first-order valence-electron chi connectivity index (χ1n) is 6.69. The number of nitrogens with one attached hydrogen (secondary N) is 1. The second kappa shape index (κ2) is 4.78. The number of amides is 2. The fraction of sp³-hybridized carbons (Fsp3) is 0.846. The van der Waals surface area contributed by atoms with Gasteiger partial charge < -0.3 is 15.3 Å². The number of rotatable bonds is 3.